The molecule has 1 heterocycles. The Morgan fingerprint density at radius 3 is 2.76 bits per heavy atom. The van der Waals surface area contributed by atoms with Gasteiger partial charge >= 0.3 is 0 Å². The first kappa shape index (κ1) is 15.0. The van der Waals surface area contributed by atoms with Crippen LogP contribution in [-0.2, 0) is 0 Å². The lowest BCUT2D eigenvalue weighted by Gasteiger charge is -2.15. The van der Waals surface area contributed by atoms with Crippen molar-refractivity contribution in [2.24, 2.45) is 5.73 Å². The Balaban J connectivity index is 1.88. The SMILES string of the molecule is CC(N)CCCC(C)c1nc2cc(Br)ccc2n1C1CC1. The van der Waals surface area contributed by atoms with Crippen molar-refractivity contribution >= 4 is 27.0 Å². The quantitative estimate of drug-likeness (QED) is 0.817. The van der Waals surface area contributed by atoms with Crippen LogP contribution < -0.4 is 5.73 Å². The molecule has 1 saturated carbocycles. The van der Waals surface area contributed by atoms with Gasteiger partial charge < -0.3 is 10.3 Å². The highest BCUT2D eigenvalue weighted by Crippen LogP contribution is 2.41. The van der Waals surface area contributed by atoms with Crippen molar-refractivity contribution in [2.45, 2.75) is 64.0 Å². The van der Waals surface area contributed by atoms with Crippen LogP contribution in [0.3, 0.4) is 0 Å². The van der Waals surface area contributed by atoms with Gasteiger partial charge in [-0.15, -0.1) is 0 Å². The number of nitrogens with two attached hydrogens (primary N) is 1. The Bertz CT molecular complexity index is 628. The fourth-order valence-electron chi connectivity index (χ4n) is 3.03. The molecule has 2 atom stereocenters. The first-order valence-electron chi connectivity index (χ1n) is 7.99. The summed E-state index contributed by atoms with van der Waals surface area (Å²) in [6, 6.07) is 7.42. The molecule has 0 saturated heterocycles. The summed E-state index contributed by atoms with van der Waals surface area (Å²) in [6.45, 7) is 4.39. The zero-order valence-corrected chi connectivity index (χ0v) is 14.4. The van der Waals surface area contributed by atoms with Crippen LogP contribution in [0.2, 0.25) is 0 Å². The van der Waals surface area contributed by atoms with E-state index in [2.05, 4.69) is 52.5 Å². The molecule has 21 heavy (non-hydrogen) atoms. The van der Waals surface area contributed by atoms with Crippen LogP contribution in [0.15, 0.2) is 22.7 Å². The average Bonchev–Trinajstić information content (AvgIpc) is 3.18. The van der Waals surface area contributed by atoms with Gasteiger partial charge in [-0.25, -0.2) is 4.98 Å². The van der Waals surface area contributed by atoms with Gasteiger partial charge in [0.15, 0.2) is 0 Å². The van der Waals surface area contributed by atoms with Crippen molar-refractivity contribution in [3.63, 3.8) is 0 Å². The summed E-state index contributed by atoms with van der Waals surface area (Å²) in [5, 5.41) is 0. The normalized spacial score (nSPS) is 18.1. The molecule has 1 fully saturated rings. The van der Waals surface area contributed by atoms with Crippen LogP contribution in [-0.4, -0.2) is 15.6 Å². The van der Waals surface area contributed by atoms with Crippen LogP contribution in [0.1, 0.15) is 63.7 Å². The van der Waals surface area contributed by atoms with E-state index in [9.17, 15) is 0 Å². The van der Waals surface area contributed by atoms with Gasteiger partial charge in [0.1, 0.15) is 5.82 Å². The highest BCUT2D eigenvalue weighted by Gasteiger charge is 2.29. The van der Waals surface area contributed by atoms with Crippen LogP contribution in [0.5, 0.6) is 0 Å². The van der Waals surface area contributed by atoms with Crippen molar-refractivity contribution < 1.29 is 0 Å². The molecule has 2 unspecified atom stereocenters. The smallest absolute Gasteiger partial charge is 0.112 e. The number of aromatic nitrogens is 2. The maximum Gasteiger partial charge on any atom is 0.112 e. The highest BCUT2D eigenvalue weighted by atomic mass is 79.9. The molecule has 2 N–H and O–H groups in total. The topological polar surface area (TPSA) is 43.8 Å². The monoisotopic (exact) mass is 349 g/mol. The van der Waals surface area contributed by atoms with E-state index in [1.807, 2.05) is 0 Å². The summed E-state index contributed by atoms with van der Waals surface area (Å²) in [7, 11) is 0. The lowest BCUT2D eigenvalue weighted by molar-refractivity contribution is 0.526. The van der Waals surface area contributed by atoms with Crippen molar-refractivity contribution in [1.82, 2.24) is 9.55 Å². The third-order valence-corrected chi connectivity index (χ3v) is 4.82. The molecule has 1 aliphatic carbocycles. The zero-order valence-electron chi connectivity index (χ0n) is 12.8. The highest BCUT2D eigenvalue weighted by molar-refractivity contribution is 9.10. The molecular weight excluding hydrogens is 326 g/mol. The lowest BCUT2D eigenvalue weighted by Crippen LogP contribution is -2.14. The van der Waals surface area contributed by atoms with E-state index in [4.69, 9.17) is 10.7 Å². The number of fused-ring (bicyclic) bond motifs is 1. The Morgan fingerprint density at radius 1 is 1.33 bits per heavy atom. The van der Waals surface area contributed by atoms with E-state index < -0.39 is 0 Å². The Morgan fingerprint density at radius 2 is 2.10 bits per heavy atom. The van der Waals surface area contributed by atoms with E-state index in [1.165, 1.54) is 37.0 Å². The number of imidazole rings is 1. The van der Waals surface area contributed by atoms with E-state index in [0.29, 0.717) is 18.0 Å². The van der Waals surface area contributed by atoms with Crippen molar-refractivity contribution in [3.8, 4) is 0 Å². The Kier molecular flexibility index (Phi) is 4.36. The van der Waals surface area contributed by atoms with Gasteiger partial charge in [-0.05, 0) is 50.8 Å². The minimum absolute atomic E-state index is 0.301. The summed E-state index contributed by atoms with van der Waals surface area (Å²) >= 11 is 3.55. The van der Waals surface area contributed by atoms with Gasteiger partial charge in [-0.1, -0.05) is 29.3 Å². The van der Waals surface area contributed by atoms with Crippen LogP contribution >= 0.6 is 15.9 Å². The molecule has 0 aliphatic heterocycles. The molecule has 0 bridgehead atoms. The van der Waals surface area contributed by atoms with Crippen molar-refractivity contribution in [1.29, 1.82) is 0 Å². The third-order valence-electron chi connectivity index (χ3n) is 4.33. The molecule has 0 radical (unpaired) electrons. The largest absolute Gasteiger partial charge is 0.328 e. The number of halogens is 1. The van der Waals surface area contributed by atoms with Gasteiger partial charge in [0.2, 0.25) is 0 Å². The van der Waals surface area contributed by atoms with E-state index >= 15 is 0 Å². The van der Waals surface area contributed by atoms with Gasteiger partial charge in [0.05, 0.1) is 11.0 Å². The summed E-state index contributed by atoms with van der Waals surface area (Å²) < 4.78 is 3.59. The first-order valence-corrected chi connectivity index (χ1v) is 8.78. The maximum atomic E-state index is 5.86. The molecule has 2 aromatic rings. The van der Waals surface area contributed by atoms with Gasteiger partial charge in [0.25, 0.3) is 0 Å². The summed E-state index contributed by atoms with van der Waals surface area (Å²) in [5.74, 6) is 1.76. The maximum absolute atomic E-state index is 5.86. The fraction of sp³-hybridized carbons (Fsp3) is 0.588. The summed E-state index contributed by atoms with van der Waals surface area (Å²) in [4.78, 5) is 4.93. The van der Waals surface area contributed by atoms with Gasteiger partial charge in [-0.2, -0.15) is 0 Å². The first-order chi connectivity index (χ1) is 10.1. The second kappa shape index (κ2) is 6.09. The molecule has 3 nitrogen and oxygen atoms in total. The fourth-order valence-corrected chi connectivity index (χ4v) is 3.38. The standard InChI is InChI=1S/C17H24BrN3/c1-11(4-3-5-12(2)19)17-20-15-10-13(18)6-9-16(15)21(17)14-7-8-14/h6,9-12,14H,3-5,7-8,19H2,1-2H3. The molecule has 4 heteroatoms. The predicted octanol–water partition coefficient (Wildman–Crippen LogP) is 4.75. The van der Waals surface area contributed by atoms with Crippen LogP contribution in [0.4, 0.5) is 0 Å². The third kappa shape index (κ3) is 3.32. The predicted molar refractivity (Wildman–Crippen MR) is 91.6 cm³/mol. The van der Waals surface area contributed by atoms with Crippen LogP contribution in [0, 0.1) is 0 Å². The molecule has 1 aromatic heterocycles. The van der Waals surface area contributed by atoms with Gasteiger partial charge in [0, 0.05) is 22.5 Å². The zero-order chi connectivity index (χ0) is 15.0. The lowest BCUT2D eigenvalue weighted by atomic mass is 10.0. The number of hydrogen-bond acceptors (Lipinski definition) is 2. The molecule has 0 amide bonds. The van der Waals surface area contributed by atoms with Crippen molar-refractivity contribution in [2.75, 3.05) is 0 Å². The molecule has 1 aliphatic rings. The number of rotatable bonds is 6. The Labute approximate surface area is 135 Å². The molecule has 1 aromatic carbocycles. The second-order valence-corrected chi connectivity index (χ2v) is 7.43. The summed E-state index contributed by atoms with van der Waals surface area (Å²) in [6.07, 6.45) is 6.02. The number of hydrogen-bond donors (Lipinski definition) is 1. The average molecular weight is 350 g/mol. The minimum Gasteiger partial charge on any atom is -0.328 e. The van der Waals surface area contributed by atoms with E-state index in [1.54, 1.807) is 0 Å². The Hall–Kier alpha value is -0.870. The number of benzene rings is 1. The van der Waals surface area contributed by atoms with Gasteiger partial charge in [-0.3, -0.25) is 0 Å². The molecule has 0 spiro atoms. The molecular formula is C17H24BrN3. The molecule has 3 rings (SSSR count). The minimum atomic E-state index is 0.301. The van der Waals surface area contributed by atoms with E-state index in [-0.39, 0.29) is 0 Å². The van der Waals surface area contributed by atoms with E-state index in [0.717, 1.165) is 16.4 Å². The van der Waals surface area contributed by atoms with Crippen LogP contribution in [0.25, 0.3) is 11.0 Å². The van der Waals surface area contributed by atoms with Crippen molar-refractivity contribution in [3.05, 3.63) is 28.5 Å². The molecule has 114 valence electrons. The second-order valence-electron chi connectivity index (χ2n) is 6.51. The summed E-state index contributed by atoms with van der Waals surface area (Å²) in [5.41, 5.74) is 8.26. The number of nitrogens with zero attached hydrogens (tertiary/aromatic N) is 2.